The van der Waals surface area contributed by atoms with Gasteiger partial charge in [-0.1, -0.05) is 12.1 Å². The summed E-state index contributed by atoms with van der Waals surface area (Å²) in [6.07, 6.45) is 1.23. The lowest BCUT2D eigenvalue weighted by Gasteiger charge is -2.11. The largest absolute Gasteiger partial charge is 0.507 e. The van der Waals surface area contributed by atoms with Crippen molar-refractivity contribution in [3.63, 3.8) is 0 Å². The quantitative estimate of drug-likeness (QED) is 0.433. The number of hydrogen-bond acceptors (Lipinski definition) is 6. The number of nitrogens with zero attached hydrogens (tertiary/aromatic N) is 1. The minimum atomic E-state index is -0.975. The second-order valence-corrected chi connectivity index (χ2v) is 4.78. The Hall–Kier alpha value is -3.55. The monoisotopic (exact) mass is 343 g/mol. The molecule has 0 unspecified atom stereocenters. The van der Waals surface area contributed by atoms with Gasteiger partial charge < -0.3 is 19.9 Å². The van der Waals surface area contributed by atoms with Crippen molar-refractivity contribution in [2.75, 3.05) is 19.5 Å². The topological polar surface area (TPSA) is 109 Å². The summed E-state index contributed by atoms with van der Waals surface area (Å²) in [6, 6.07) is 11.2. The molecular formula is C17H17N3O5. The van der Waals surface area contributed by atoms with Gasteiger partial charge in [-0.15, -0.1) is 0 Å². The highest BCUT2D eigenvalue weighted by Crippen LogP contribution is 2.28. The maximum absolute atomic E-state index is 11.9. The molecule has 0 fully saturated rings. The van der Waals surface area contributed by atoms with Crippen LogP contribution in [-0.2, 0) is 9.59 Å². The number of hydrazone groups is 1. The lowest BCUT2D eigenvalue weighted by atomic mass is 10.2. The number of para-hydroxylation sites is 1. The third kappa shape index (κ3) is 4.71. The van der Waals surface area contributed by atoms with Crippen LogP contribution in [0.5, 0.6) is 17.2 Å². The lowest BCUT2D eigenvalue weighted by Crippen LogP contribution is -2.32. The smallest absolute Gasteiger partial charge is 0.329 e. The van der Waals surface area contributed by atoms with Crippen molar-refractivity contribution in [2.24, 2.45) is 5.10 Å². The molecule has 0 radical (unpaired) electrons. The number of benzene rings is 2. The number of ether oxygens (including phenoxy) is 2. The fourth-order valence-corrected chi connectivity index (χ4v) is 1.90. The van der Waals surface area contributed by atoms with E-state index in [0.717, 1.165) is 0 Å². The van der Waals surface area contributed by atoms with Gasteiger partial charge in [0.2, 0.25) is 0 Å². The Kier molecular flexibility index (Phi) is 5.94. The van der Waals surface area contributed by atoms with E-state index in [-0.39, 0.29) is 11.4 Å². The minimum absolute atomic E-state index is 0.00562. The van der Waals surface area contributed by atoms with Crippen LogP contribution in [-0.4, -0.2) is 37.4 Å². The van der Waals surface area contributed by atoms with Crippen molar-refractivity contribution in [1.29, 1.82) is 0 Å². The summed E-state index contributed by atoms with van der Waals surface area (Å²) >= 11 is 0. The summed E-state index contributed by atoms with van der Waals surface area (Å²) in [4.78, 5) is 23.8. The fraction of sp³-hybridized carbons (Fsp3) is 0.118. The van der Waals surface area contributed by atoms with Gasteiger partial charge >= 0.3 is 11.8 Å². The molecule has 0 aliphatic carbocycles. The molecule has 0 saturated carbocycles. The van der Waals surface area contributed by atoms with Crippen LogP contribution in [0.25, 0.3) is 0 Å². The number of methoxy groups -OCH3 is 2. The zero-order valence-corrected chi connectivity index (χ0v) is 13.6. The van der Waals surface area contributed by atoms with Gasteiger partial charge in [0.05, 0.1) is 26.1 Å². The Morgan fingerprint density at radius 2 is 1.84 bits per heavy atom. The van der Waals surface area contributed by atoms with Gasteiger partial charge in [-0.25, -0.2) is 5.43 Å². The number of carbonyl (C=O) groups is 2. The molecule has 0 bridgehead atoms. The number of phenols is 1. The van der Waals surface area contributed by atoms with Gasteiger partial charge in [-0.3, -0.25) is 9.59 Å². The van der Waals surface area contributed by atoms with E-state index in [9.17, 15) is 14.7 Å². The number of phenolic OH excluding ortho intramolecular Hbond substituents is 1. The molecule has 0 aliphatic rings. The Morgan fingerprint density at radius 1 is 1.08 bits per heavy atom. The van der Waals surface area contributed by atoms with E-state index < -0.39 is 11.8 Å². The minimum Gasteiger partial charge on any atom is -0.507 e. The first kappa shape index (κ1) is 17.8. The molecule has 130 valence electrons. The van der Waals surface area contributed by atoms with E-state index >= 15 is 0 Å². The van der Waals surface area contributed by atoms with E-state index in [1.54, 1.807) is 30.3 Å². The predicted octanol–water partition coefficient (Wildman–Crippen LogP) is 1.50. The molecule has 0 aliphatic heterocycles. The summed E-state index contributed by atoms with van der Waals surface area (Å²) in [5, 5.41) is 15.6. The standard InChI is InChI=1S/C17H17N3O5/c1-24-12-7-8-15(25-2)13(9-12)19-16(22)17(23)20-18-10-11-5-3-4-6-14(11)21/h3-10,21H,1-2H3,(H,19,22)(H,20,23)/b18-10-. The number of carbonyl (C=O) groups excluding carboxylic acids is 2. The Bertz CT molecular complexity index is 805. The average molecular weight is 343 g/mol. The number of rotatable bonds is 5. The lowest BCUT2D eigenvalue weighted by molar-refractivity contribution is -0.136. The van der Waals surface area contributed by atoms with Gasteiger partial charge in [0.1, 0.15) is 17.2 Å². The van der Waals surface area contributed by atoms with Gasteiger partial charge in [0.25, 0.3) is 0 Å². The van der Waals surface area contributed by atoms with Gasteiger partial charge in [-0.05, 0) is 24.3 Å². The van der Waals surface area contributed by atoms with Crippen LogP contribution in [0, 0.1) is 0 Å². The second kappa shape index (κ2) is 8.34. The summed E-state index contributed by atoms with van der Waals surface area (Å²) < 4.78 is 10.2. The highest BCUT2D eigenvalue weighted by Gasteiger charge is 2.16. The third-order valence-electron chi connectivity index (χ3n) is 3.17. The van der Waals surface area contributed by atoms with Crippen LogP contribution >= 0.6 is 0 Å². The summed E-state index contributed by atoms with van der Waals surface area (Å²) in [5.41, 5.74) is 2.76. The van der Waals surface area contributed by atoms with Crippen molar-refractivity contribution in [1.82, 2.24) is 5.43 Å². The van der Waals surface area contributed by atoms with E-state index in [4.69, 9.17) is 9.47 Å². The van der Waals surface area contributed by atoms with Crippen LogP contribution in [0.1, 0.15) is 5.56 Å². The van der Waals surface area contributed by atoms with Crippen molar-refractivity contribution < 1.29 is 24.2 Å². The average Bonchev–Trinajstić information content (AvgIpc) is 2.63. The molecule has 0 spiro atoms. The zero-order chi connectivity index (χ0) is 18.2. The molecule has 2 rings (SSSR count). The van der Waals surface area contributed by atoms with Crippen molar-refractivity contribution >= 4 is 23.7 Å². The van der Waals surface area contributed by atoms with Gasteiger partial charge in [-0.2, -0.15) is 5.10 Å². The first-order valence-corrected chi connectivity index (χ1v) is 7.19. The summed E-state index contributed by atoms with van der Waals surface area (Å²) in [6.45, 7) is 0. The molecule has 2 aromatic rings. The predicted molar refractivity (Wildman–Crippen MR) is 92.0 cm³/mol. The van der Waals surface area contributed by atoms with Crippen molar-refractivity contribution in [3.8, 4) is 17.2 Å². The molecule has 0 atom stereocenters. The molecule has 0 heterocycles. The van der Waals surface area contributed by atoms with Crippen LogP contribution in [0.2, 0.25) is 0 Å². The van der Waals surface area contributed by atoms with Crippen LogP contribution in [0.15, 0.2) is 47.6 Å². The summed E-state index contributed by atoms with van der Waals surface area (Å²) in [7, 11) is 2.92. The number of aromatic hydroxyl groups is 1. The number of anilines is 1. The van der Waals surface area contributed by atoms with E-state index in [2.05, 4.69) is 15.8 Å². The molecule has 0 aromatic heterocycles. The van der Waals surface area contributed by atoms with E-state index in [0.29, 0.717) is 17.1 Å². The molecule has 2 amide bonds. The third-order valence-corrected chi connectivity index (χ3v) is 3.17. The van der Waals surface area contributed by atoms with E-state index in [1.165, 1.54) is 32.6 Å². The van der Waals surface area contributed by atoms with E-state index in [1.807, 2.05) is 0 Å². The van der Waals surface area contributed by atoms with Gasteiger partial charge in [0, 0.05) is 11.6 Å². The van der Waals surface area contributed by atoms with Crippen molar-refractivity contribution in [3.05, 3.63) is 48.0 Å². The summed E-state index contributed by atoms with van der Waals surface area (Å²) in [5.74, 6) is -1.03. The molecule has 8 nitrogen and oxygen atoms in total. The van der Waals surface area contributed by atoms with Crippen LogP contribution < -0.4 is 20.2 Å². The number of nitrogens with one attached hydrogen (secondary N) is 2. The van der Waals surface area contributed by atoms with Crippen molar-refractivity contribution in [2.45, 2.75) is 0 Å². The Balaban J connectivity index is 2.01. The zero-order valence-electron chi connectivity index (χ0n) is 13.6. The SMILES string of the molecule is COc1ccc(OC)c(NC(=O)C(=O)N/N=C\c2ccccc2O)c1. The molecule has 0 saturated heterocycles. The molecule has 2 aromatic carbocycles. The Morgan fingerprint density at radius 3 is 2.52 bits per heavy atom. The van der Waals surface area contributed by atoms with Crippen LogP contribution in [0.3, 0.4) is 0 Å². The highest BCUT2D eigenvalue weighted by atomic mass is 16.5. The maximum Gasteiger partial charge on any atom is 0.329 e. The highest BCUT2D eigenvalue weighted by molar-refractivity contribution is 6.39. The normalized spacial score (nSPS) is 10.3. The first-order chi connectivity index (χ1) is 12.0. The second-order valence-electron chi connectivity index (χ2n) is 4.78. The van der Waals surface area contributed by atoms with Gasteiger partial charge in [0.15, 0.2) is 0 Å². The Labute approximate surface area is 144 Å². The molecule has 25 heavy (non-hydrogen) atoms. The number of hydrogen-bond donors (Lipinski definition) is 3. The number of amides is 2. The van der Waals surface area contributed by atoms with Crippen LogP contribution in [0.4, 0.5) is 5.69 Å². The molecule has 3 N–H and O–H groups in total. The first-order valence-electron chi connectivity index (χ1n) is 7.19. The fourth-order valence-electron chi connectivity index (χ4n) is 1.90. The molecule has 8 heteroatoms. The molecular weight excluding hydrogens is 326 g/mol. The maximum atomic E-state index is 11.9.